The Bertz CT molecular complexity index is 2360. The number of carboxylic acids is 1. The number of aromatic nitrogens is 2. The fourth-order valence-corrected chi connectivity index (χ4v) is 6.25. The number of carbonyl (C=O) groups is 2. The van der Waals surface area contributed by atoms with E-state index in [0.29, 0.717) is 30.4 Å². The number of esters is 1. The van der Waals surface area contributed by atoms with E-state index in [1.165, 1.54) is 12.5 Å². The van der Waals surface area contributed by atoms with Gasteiger partial charge in [-0.25, -0.2) is 0 Å². The van der Waals surface area contributed by atoms with Crippen molar-refractivity contribution in [2.24, 2.45) is 0 Å². The molecule has 0 fully saturated rings. The summed E-state index contributed by atoms with van der Waals surface area (Å²) in [6.07, 6.45) is 3.02. The number of benzene rings is 5. The Morgan fingerprint density at radius 1 is 0.508 bits per heavy atom. The summed E-state index contributed by atoms with van der Waals surface area (Å²) < 4.78 is 42.5. The standard InChI is InChI=1S/C28H27NO6.C20H19NO5.Na.H2O/c1-31-23-9-3-20(4-10-23)18-33-25-13-7-22(8-14-25)26(27-15-16-35-29-27)17-28(30)34-19-21-5-11-24(32-2)12-6-21;1-24-16-6-2-14(3-7-16)13-25-17-8-4-15(5-9-17)18(12-20(22)23)19-10-11-26-21-19;;/h3-16,26H,17-19H2,1-2H3;2-11,18H,12-13H2,1H3,(H,22,23);;1H2/q;;+1;/p-1. The zero-order valence-electron chi connectivity index (χ0n) is 35.4. The molecule has 0 aliphatic rings. The normalized spacial score (nSPS) is 11.2. The number of hydrogen-bond donors (Lipinski definition) is 1. The fourth-order valence-electron chi connectivity index (χ4n) is 6.25. The van der Waals surface area contributed by atoms with Gasteiger partial charge in [-0.2, -0.15) is 0 Å². The number of rotatable bonds is 19. The molecule has 0 amide bonds. The summed E-state index contributed by atoms with van der Waals surface area (Å²) in [7, 11) is 4.88. The van der Waals surface area contributed by atoms with Gasteiger partial charge in [0, 0.05) is 24.0 Å². The minimum Gasteiger partial charge on any atom is -0.870 e. The van der Waals surface area contributed by atoms with Crippen LogP contribution in [-0.2, 0) is 34.1 Å². The molecule has 14 nitrogen and oxygen atoms in total. The number of methoxy groups -OCH3 is 3. The van der Waals surface area contributed by atoms with Gasteiger partial charge in [-0.1, -0.05) is 71.0 Å². The molecule has 2 atom stereocenters. The van der Waals surface area contributed by atoms with Gasteiger partial charge in [0.1, 0.15) is 61.1 Å². The fraction of sp³-hybridized carbons (Fsp3) is 0.208. The molecule has 15 heteroatoms. The Hall–Kier alpha value is -6.58. The number of nitrogens with zero attached hydrogens (tertiary/aromatic N) is 2. The molecule has 0 saturated carbocycles. The Morgan fingerprint density at radius 2 is 0.857 bits per heavy atom. The van der Waals surface area contributed by atoms with E-state index in [4.69, 9.17) is 42.6 Å². The van der Waals surface area contributed by atoms with Gasteiger partial charge in [-0.05, 0) is 88.5 Å². The van der Waals surface area contributed by atoms with Crippen molar-refractivity contribution in [2.45, 2.75) is 44.5 Å². The SMILES string of the molecule is COc1ccc(COC(=O)CC(c2ccc(OCc3ccc(OC)cc3)cc2)c2ccon2)cc1.COc1ccc(COc2ccc(C(CC(=O)O)c3ccon3)cc2)cc1.[Na+].[OH-]. The van der Waals surface area contributed by atoms with Gasteiger partial charge in [0.25, 0.3) is 0 Å². The molecule has 2 heterocycles. The third kappa shape index (κ3) is 15.1. The quantitative estimate of drug-likeness (QED) is 0.0711. The average Bonchev–Trinajstić information content (AvgIpc) is 4.05. The van der Waals surface area contributed by atoms with Crippen LogP contribution in [0.5, 0.6) is 28.7 Å². The van der Waals surface area contributed by atoms with Crippen LogP contribution in [0.4, 0.5) is 0 Å². The average molecular weight is 867 g/mol. The number of ether oxygens (including phenoxy) is 6. The molecule has 2 aromatic heterocycles. The van der Waals surface area contributed by atoms with E-state index < -0.39 is 5.97 Å². The summed E-state index contributed by atoms with van der Waals surface area (Å²) >= 11 is 0. The van der Waals surface area contributed by atoms with E-state index in [1.54, 1.807) is 33.5 Å². The predicted octanol–water partition coefficient (Wildman–Crippen LogP) is 6.23. The zero-order chi connectivity index (χ0) is 42.8. The first-order valence-electron chi connectivity index (χ1n) is 19.3. The van der Waals surface area contributed by atoms with Crippen LogP contribution in [0.2, 0.25) is 0 Å². The molecule has 7 rings (SSSR count). The van der Waals surface area contributed by atoms with Gasteiger partial charge in [0.05, 0.1) is 45.6 Å². The molecule has 2 N–H and O–H groups in total. The van der Waals surface area contributed by atoms with Crippen molar-refractivity contribution in [1.82, 2.24) is 10.3 Å². The molecular formula is C48H47N2NaO12. The summed E-state index contributed by atoms with van der Waals surface area (Å²) in [5.74, 6) is 1.92. The Labute approximate surface area is 387 Å². The van der Waals surface area contributed by atoms with Gasteiger partial charge in [0.15, 0.2) is 0 Å². The molecule has 322 valence electrons. The molecule has 2 unspecified atom stereocenters. The van der Waals surface area contributed by atoms with Gasteiger partial charge in [-0.3, -0.25) is 9.59 Å². The largest absolute Gasteiger partial charge is 1.00 e. The Balaban J connectivity index is 0.000000279. The summed E-state index contributed by atoms with van der Waals surface area (Å²) in [5.41, 5.74) is 5.97. The summed E-state index contributed by atoms with van der Waals surface area (Å²) in [6, 6.07) is 41.2. The van der Waals surface area contributed by atoms with E-state index in [1.807, 2.05) is 121 Å². The topological polar surface area (TPSA) is 192 Å². The van der Waals surface area contributed by atoms with Crippen LogP contribution in [0.3, 0.4) is 0 Å². The molecule has 0 saturated heterocycles. The Kier molecular flexibility index (Phi) is 19.8. The maximum absolute atomic E-state index is 12.7. The second-order valence-corrected chi connectivity index (χ2v) is 13.7. The van der Waals surface area contributed by atoms with Crippen LogP contribution in [-0.4, -0.2) is 54.2 Å². The zero-order valence-corrected chi connectivity index (χ0v) is 37.4. The maximum Gasteiger partial charge on any atom is 1.00 e. The first kappa shape index (κ1) is 49.1. The van der Waals surface area contributed by atoms with E-state index in [0.717, 1.165) is 50.8 Å². The monoisotopic (exact) mass is 866 g/mol. The van der Waals surface area contributed by atoms with E-state index in [9.17, 15) is 9.59 Å². The van der Waals surface area contributed by atoms with Crippen LogP contribution < -0.4 is 53.2 Å². The van der Waals surface area contributed by atoms with Gasteiger partial charge < -0.3 is 48.1 Å². The number of carbonyl (C=O) groups excluding carboxylic acids is 1. The molecular weight excluding hydrogens is 820 g/mol. The summed E-state index contributed by atoms with van der Waals surface area (Å²) in [5, 5.41) is 17.1. The molecule has 0 aliphatic heterocycles. The molecule has 63 heavy (non-hydrogen) atoms. The van der Waals surface area contributed by atoms with Crippen molar-refractivity contribution in [2.75, 3.05) is 21.3 Å². The van der Waals surface area contributed by atoms with E-state index >= 15 is 0 Å². The van der Waals surface area contributed by atoms with Gasteiger partial charge >= 0.3 is 41.5 Å². The van der Waals surface area contributed by atoms with Crippen molar-refractivity contribution >= 4 is 11.9 Å². The summed E-state index contributed by atoms with van der Waals surface area (Å²) in [4.78, 5) is 23.8. The predicted molar refractivity (Wildman–Crippen MR) is 226 cm³/mol. The molecule has 5 aromatic carbocycles. The second kappa shape index (κ2) is 25.4. The summed E-state index contributed by atoms with van der Waals surface area (Å²) in [6.45, 7) is 1.06. The number of aliphatic carboxylic acids is 1. The second-order valence-electron chi connectivity index (χ2n) is 13.7. The Morgan fingerprint density at radius 3 is 1.19 bits per heavy atom. The van der Waals surface area contributed by atoms with Crippen molar-refractivity contribution in [3.8, 4) is 28.7 Å². The maximum atomic E-state index is 12.7. The third-order valence-electron chi connectivity index (χ3n) is 9.63. The van der Waals surface area contributed by atoms with Crippen LogP contribution in [0.1, 0.15) is 63.9 Å². The van der Waals surface area contributed by atoms with E-state index in [-0.39, 0.29) is 72.3 Å². The minimum atomic E-state index is -0.891. The van der Waals surface area contributed by atoms with Crippen molar-refractivity contribution in [3.05, 3.63) is 185 Å². The van der Waals surface area contributed by atoms with Crippen molar-refractivity contribution < 1.29 is 87.2 Å². The van der Waals surface area contributed by atoms with Crippen molar-refractivity contribution in [1.29, 1.82) is 0 Å². The van der Waals surface area contributed by atoms with Crippen LogP contribution in [0.25, 0.3) is 0 Å². The molecule has 0 bridgehead atoms. The van der Waals surface area contributed by atoms with Crippen LogP contribution >= 0.6 is 0 Å². The number of hydrogen-bond acceptors (Lipinski definition) is 13. The van der Waals surface area contributed by atoms with Crippen LogP contribution in [0.15, 0.2) is 155 Å². The van der Waals surface area contributed by atoms with Gasteiger partial charge in [-0.15, -0.1) is 0 Å². The van der Waals surface area contributed by atoms with Gasteiger partial charge in [0.2, 0.25) is 0 Å². The molecule has 0 spiro atoms. The van der Waals surface area contributed by atoms with Crippen LogP contribution in [0, 0.1) is 0 Å². The molecule has 0 aliphatic carbocycles. The minimum absolute atomic E-state index is 0. The smallest absolute Gasteiger partial charge is 0.870 e. The molecule has 7 aromatic rings. The first-order chi connectivity index (χ1) is 29.8. The van der Waals surface area contributed by atoms with E-state index in [2.05, 4.69) is 10.3 Å². The number of carboxylic acid groups (broad SMARTS) is 1. The first-order valence-corrected chi connectivity index (χ1v) is 19.3. The third-order valence-corrected chi connectivity index (χ3v) is 9.63. The molecule has 0 radical (unpaired) electrons. The van der Waals surface area contributed by atoms with Crippen molar-refractivity contribution in [3.63, 3.8) is 0 Å².